The first-order valence-corrected chi connectivity index (χ1v) is 8.41. The van der Waals surface area contributed by atoms with Gasteiger partial charge in [-0.25, -0.2) is 4.79 Å². The topological polar surface area (TPSA) is 61.4 Å². The molecule has 1 aliphatic heterocycles. The van der Waals surface area contributed by atoms with Gasteiger partial charge >= 0.3 is 6.03 Å². The number of nitrogens with zero attached hydrogens (tertiary/aromatic N) is 1. The van der Waals surface area contributed by atoms with Crippen LogP contribution in [0.4, 0.5) is 4.79 Å². The van der Waals surface area contributed by atoms with Crippen molar-refractivity contribution in [2.75, 3.05) is 13.6 Å². The van der Waals surface area contributed by atoms with Crippen LogP contribution in [0.3, 0.4) is 0 Å². The molecule has 3 rings (SSSR count). The third-order valence-corrected chi connectivity index (χ3v) is 5.10. The SMILES string of the molecule is C[C@@H]1C[C@@H]1[C@@H](NC(=O)N[C@@H]1CCN(C)C1=O)c1ccc(Cl)cc1. The molecule has 0 radical (unpaired) electrons. The Morgan fingerprint density at radius 3 is 2.52 bits per heavy atom. The van der Waals surface area contributed by atoms with E-state index in [1.165, 1.54) is 0 Å². The molecule has 4 atom stereocenters. The fraction of sp³-hybridized carbons (Fsp3) is 0.529. The number of halogens is 1. The molecular formula is C17H22ClN3O2. The Hall–Kier alpha value is -1.75. The summed E-state index contributed by atoms with van der Waals surface area (Å²) < 4.78 is 0. The van der Waals surface area contributed by atoms with Crippen molar-refractivity contribution in [2.24, 2.45) is 11.8 Å². The summed E-state index contributed by atoms with van der Waals surface area (Å²) in [6.45, 7) is 2.87. The van der Waals surface area contributed by atoms with Gasteiger partial charge in [0.05, 0.1) is 6.04 Å². The summed E-state index contributed by atoms with van der Waals surface area (Å²) in [5, 5.41) is 6.53. The first-order chi connectivity index (χ1) is 11.0. The van der Waals surface area contributed by atoms with Crippen LogP contribution in [0.5, 0.6) is 0 Å². The second-order valence-corrected chi connectivity index (χ2v) is 7.06. The first kappa shape index (κ1) is 16.1. The van der Waals surface area contributed by atoms with Crippen LogP contribution >= 0.6 is 11.6 Å². The molecule has 6 heteroatoms. The van der Waals surface area contributed by atoms with E-state index in [2.05, 4.69) is 17.6 Å². The van der Waals surface area contributed by atoms with Gasteiger partial charge in [-0.1, -0.05) is 30.7 Å². The van der Waals surface area contributed by atoms with E-state index >= 15 is 0 Å². The van der Waals surface area contributed by atoms with E-state index in [0.717, 1.165) is 12.0 Å². The predicted octanol–water partition coefficient (Wildman–Crippen LogP) is 2.57. The lowest BCUT2D eigenvalue weighted by Gasteiger charge is -2.21. The Labute approximate surface area is 141 Å². The average Bonchev–Trinajstić information content (AvgIpc) is 3.17. The largest absolute Gasteiger partial charge is 0.344 e. The van der Waals surface area contributed by atoms with E-state index < -0.39 is 6.04 Å². The van der Waals surface area contributed by atoms with Crippen LogP contribution in [0.25, 0.3) is 0 Å². The van der Waals surface area contributed by atoms with Crippen LogP contribution in [-0.4, -0.2) is 36.5 Å². The number of amides is 3. The number of carbonyl (C=O) groups is 2. The Morgan fingerprint density at radius 1 is 1.35 bits per heavy atom. The standard InChI is InChI=1S/C17H22ClN3O2/c1-10-9-13(10)15(11-3-5-12(18)6-4-11)20-17(23)19-14-7-8-21(2)16(14)22/h3-6,10,13-15H,7-9H2,1-2H3,(H2,19,20,23)/t10-,13+,14-,15+/m1/s1. The van der Waals surface area contributed by atoms with Crippen molar-refractivity contribution < 1.29 is 9.59 Å². The lowest BCUT2D eigenvalue weighted by atomic mass is 10.0. The highest BCUT2D eigenvalue weighted by Gasteiger charge is 2.41. The fourth-order valence-electron chi connectivity index (χ4n) is 3.22. The van der Waals surface area contributed by atoms with Crippen LogP contribution in [-0.2, 0) is 4.79 Å². The summed E-state index contributed by atoms with van der Waals surface area (Å²) in [5.41, 5.74) is 1.05. The second kappa shape index (κ2) is 6.40. The van der Waals surface area contributed by atoms with Crippen molar-refractivity contribution in [1.29, 1.82) is 0 Å². The number of rotatable bonds is 4. The molecular weight excluding hydrogens is 314 g/mol. The third kappa shape index (κ3) is 3.61. The fourth-order valence-corrected chi connectivity index (χ4v) is 3.35. The summed E-state index contributed by atoms with van der Waals surface area (Å²) in [6, 6.07) is 6.84. The minimum atomic E-state index is -0.414. The van der Waals surface area contributed by atoms with E-state index in [9.17, 15) is 9.59 Å². The highest BCUT2D eigenvalue weighted by atomic mass is 35.5. The predicted molar refractivity (Wildman–Crippen MR) is 89.2 cm³/mol. The van der Waals surface area contributed by atoms with Gasteiger partial charge in [-0.2, -0.15) is 0 Å². The van der Waals surface area contributed by atoms with E-state index in [1.807, 2.05) is 24.3 Å². The Kier molecular flexibility index (Phi) is 4.48. The van der Waals surface area contributed by atoms with Crippen molar-refractivity contribution in [3.8, 4) is 0 Å². The molecule has 1 aromatic carbocycles. The molecule has 5 nitrogen and oxygen atoms in total. The summed E-state index contributed by atoms with van der Waals surface area (Å²) in [4.78, 5) is 25.9. The van der Waals surface area contributed by atoms with E-state index in [1.54, 1.807) is 11.9 Å². The molecule has 1 saturated carbocycles. The molecule has 23 heavy (non-hydrogen) atoms. The number of urea groups is 1. The quantitative estimate of drug-likeness (QED) is 0.888. The molecule has 0 aromatic heterocycles. The van der Waals surface area contributed by atoms with E-state index in [-0.39, 0.29) is 18.0 Å². The van der Waals surface area contributed by atoms with Gasteiger partial charge in [0.15, 0.2) is 0 Å². The highest BCUT2D eigenvalue weighted by Crippen LogP contribution is 2.47. The number of carbonyl (C=O) groups excluding carboxylic acids is 2. The number of nitrogens with one attached hydrogen (secondary N) is 2. The van der Waals surface area contributed by atoms with Crippen molar-refractivity contribution >= 4 is 23.5 Å². The second-order valence-electron chi connectivity index (χ2n) is 6.62. The minimum Gasteiger partial charge on any atom is -0.344 e. The van der Waals surface area contributed by atoms with Crippen molar-refractivity contribution in [1.82, 2.24) is 15.5 Å². The van der Waals surface area contributed by atoms with Gasteiger partial charge in [0.2, 0.25) is 5.91 Å². The van der Waals surface area contributed by atoms with Crippen LogP contribution in [0.2, 0.25) is 5.02 Å². The molecule has 0 spiro atoms. The van der Waals surface area contributed by atoms with Gasteiger partial charge in [-0.05, 0) is 42.4 Å². The number of likely N-dealkylation sites (tertiary alicyclic amines) is 1. The number of likely N-dealkylation sites (N-methyl/N-ethyl adjacent to an activating group) is 1. The molecule has 1 aromatic rings. The summed E-state index contributed by atoms with van der Waals surface area (Å²) in [5.74, 6) is 1.00. The van der Waals surface area contributed by atoms with Gasteiger partial charge in [0.25, 0.3) is 0 Å². The maximum absolute atomic E-state index is 12.3. The van der Waals surface area contributed by atoms with Gasteiger partial charge in [-0.3, -0.25) is 4.79 Å². The molecule has 0 unspecified atom stereocenters. The summed E-state index contributed by atoms with van der Waals surface area (Å²) in [6.07, 6.45) is 1.76. The van der Waals surface area contributed by atoms with Crippen molar-refractivity contribution in [3.63, 3.8) is 0 Å². The Bertz CT molecular complexity index is 604. The van der Waals surface area contributed by atoms with Crippen LogP contribution in [0, 0.1) is 11.8 Å². The van der Waals surface area contributed by atoms with Gasteiger partial charge in [-0.15, -0.1) is 0 Å². The monoisotopic (exact) mass is 335 g/mol. The maximum Gasteiger partial charge on any atom is 0.315 e. The van der Waals surface area contributed by atoms with Crippen molar-refractivity contribution in [3.05, 3.63) is 34.9 Å². The lowest BCUT2D eigenvalue weighted by molar-refractivity contribution is -0.128. The van der Waals surface area contributed by atoms with Crippen LogP contribution < -0.4 is 10.6 Å². The Morgan fingerprint density at radius 2 is 2.00 bits per heavy atom. The number of benzene rings is 1. The first-order valence-electron chi connectivity index (χ1n) is 8.03. The van der Waals surface area contributed by atoms with Crippen LogP contribution in [0.1, 0.15) is 31.4 Å². The number of hydrogen-bond donors (Lipinski definition) is 2. The molecule has 1 aliphatic carbocycles. The van der Waals surface area contributed by atoms with E-state index in [4.69, 9.17) is 11.6 Å². The normalized spacial score (nSPS) is 27.7. The zero-order chi connectivity index (χ0) is 16.6. The molecule has 0 bridgehead atoms. The van der Waals surface area contributed by atoms with Gasteiger partial charge in [0, 0.05) is 18.6 Å². The average molecular weight is 336 g/mol. The third-order valence-electron chi connectivity index (χ3n) is 4.85. The Balaban J connectivity index is 1.65. The zero-order valence-electron chi connectivity index (χ0n) is 13.4. The molecule has 1 saturated heterocycles. The molecule has 2 aliphatic rings. The van der Waals surface area contributed by atoms with Gasteiger partial charge in [0.1, 0.15) is 6.04 Å². The zero-order valence-corrected chi connectivity index (χ0v) is 14.1. The molecule has 2 N–H and O–H groups in total. The highest BCUT2D eigenvalue weighted by molar-refractivity contribution is 6.30. The molecule has 3 amide bonds. The smallest absolute Gasteiger partial charge is 0.315 e. The minimum absolute atomic E-state index is 0.0250. The van der Waals surface area contributed by atoms with E-state index in [0.29, 0.717) is 29.8 Å². The lowest BCUT2D eigenvalue weighted by Crippen LogP contribution is -2.47. The molecule has 2 fully saturated rings. The van der Waals surface area contributed by atoms with Crippen LogP contribution in [0.15, 0.2) is 24.3 Å². The maximum atomic E-state index is 12.3. The summed E-state index contributed by atoms with van der Waals surface area (Å²) in [7, 11) is 1.75. The van der Waals surface area contributed by atoms with Crippen molar-refractivity contribution in [2.45, 2.75) is 31.8 Å². The number of hydrogen-bond acceptors (Lipinski definition) is 2. The van der Waals surface area contributed by atoms with Gasteiger partial charge < -0.3 is 15.5 Å². The summed E-state index contributed by atoms with van der Waals surface area (Å²) >= 11 is 5.95. The molecule has 1 heterocycles. The molecule has 124 valence electrons.